The molecule has 0 aliphatic carbocycles. The van der Waals surface area contributed by atoms with Gasteiger partial charge in [-0.2, -0.15) is 5.21 Å². The molecule has 0 spiro atoms. The number of rotatable bonds is 6. The Bertz CT molecular complexity index is 1750. The second-order valence-corrected chi connectivity index (χ2v) is 9.39. The molecule has 6 aromatic rings. The van der Waals surface area contributed by atoms with Crippen molar-refractivity contribution in [1.82, 2.24) is 35.2 Å². The van der Waals surface area contributed by atoms with E-state index in [-0.39, 0.29) is 5.82 Å². The fourth-order valence-electron chi connectivity index (χ4n) is 4.97. The van der Waals surface area contributed by atoms with E-state index < -0.39 is 0 Å². The van der Waals surface area contributed by atoms with Crippen molar-refractivity contribution >= 4 is 11.2 Å². The number of imidazole rings is 1. The van der Waals surface area contributed by atoms with Gasteiger partial charge in [-0.25, -0.2) is 14.4 Å². The van der Waals surface area contributed by atoms with Crippen LogP contribution in [0, 0.1) is 19.7 Å². The van der Waals surface area contributed by atoms with Crippen LogP contribution in [0.1, 0.15) is 29.6 Å². The summed E-state index contributed by atoms with van der Waals surface area (Å²) >= 11 is 0. The highest BCUT2D eigenvalue weighted by molar-refractivity contribution is 5.85. The summed E-state index contributed by atoms with van der Waals surface area (Å²) in [7, 11) is 0. The summed E-state index contributed by atoms with van der Waals surface area (Å²) in [5.74, 6) is 1.24. The van der Waals surface area contributed by atoms with Crippen LogP contribution in [0.3, 0.4) is 0 Å². The Kier molecular flexibility index (Phi) is 5.99. The molecule has 38 heavy (non-hydrogen) atoms. The Hall–Kier alpha value is -4.72. The number of benzene rings is 3. The van der Waals surface area contributed by atoms with Crippen LogP contribution in [0.5, 0.6) is 0 Å². The number of aromatic amines is 1. The molecule has 0 saturated heterocycles. The third kappa shape index (κ3) is 4.24. The summed E-state index contributed by atoms with van der Waals surface area (Å²) < 4.78 is 16.8. The van der Waals surface area contributed by atoms with Crippen molar-refractivity contribution < 1.29 is 4.39 Å². The molecule has 7 nitrogen and oxygen atoms in total. The number of nitrogens with zero attached hydrogens (tertiary/aromatic N) is 6. The van der Waals surface area contributed by atoms with Crippen LogP contribution in [0.15, 0.2) is 72.8 Å². The Morgan fingerprint density at radius 2 is 1.63 bits per heavy atom. The lowest BCUT2D eigenvalue weighted by Crippen LogP contribution is -2.05. The molecule has 3 heterocycles. The van der Waals surface area contributed by atoms with Crippen LogP contribution in [-0.2, 0) is 13.0 Å². The average Bonchev–Trinajstić information content (AvgIpc) is 3.58. The van der Waals surface area contributed by atoms with Crippen molar-refractivity contribution in [3.63, 3.8) is 0 Å². The highest BCUT2D eigenvalue weighted by Crippen LogP contribution is 2.35. The Morgan fingerprint density at radius 1 is 0.842 bits per heavy atom. The van der Waals surface area contributed by atoms with E-state index >= 15 is 0 Å². The molecule has 3 aromatic heterocycles. The number of aryl methyl sites for hydroxylation is 3. The lowest BCUT2D eigenvalue weighted by atomic mass is 9.93. The molecule has 0 radical (unpaired) electrons. The first-order valence-electron chi connectivity index (χ1n) is 12.6. The molecule has 6 rings (SSSR count). The lowest BCUT2D eigenvalue weighted by Gasteiger charge is -2.13. The molecule has 0 bridgehead atoms. The number of tetrazole rings is 1. The number of pyridine rings is 1. The van der Waals surface area contributed by atoms with Gasteiger partial charge in [-0.3, -0.25) is 0 Å². The smallest absolute Gasteiger partial charge is 0.205 e. The molecule has 0 fully saturated rings. The molecule has 188 valence electrons. The monoisotopic (exact) mass is 503 g/mol. The minimum Gasteiger partial charge on any atom is -0.308 e. The van der Waals surface area contributed by atoms with Crippen LogP contribution >= 0.6 is 0 Å². The first kappa shape index (κ1) is 23.7. The Labute approximate surface area is 219 Å². The van der Waals surface area contributed by atoms with E-state index in [0.29, 0.717) is 17.9 Å². The molecular formula is C30H26FN7. The summed E-state index contributed by atoms with van der Waals surface area (Å²) in [6, 6.07) is 23.0. The zero-order valence-corrected chi connectivity index (χ0v) is 21.4. The largest absolute Gasteiger partial charge is 0.308 e. The molecule has 3 aromatic carbocycles. The second-order valence-electron chi connectivity index (χ2n) is 9.39. The van der Waals surface area contributed by atoms with Crippen molar-refractivity contribution in [3.8, 4) is 33.6 Å². The van der Waals surface area contributed by atoms with E-state index in [0.717, 1.165) is 62.5 Å². The van der Waals surface area contributed by atoms with E-state index in [4.69, 9.17) is 9.97 Å². The van der Waals surface area contributed by atoms with E-state index in [2.05, 4.69) is 69.4 Å². The maximum Gasteiger partial charge on any atom is 0.205 e. The standard InChI is InChI=1S/C30H26FN7/c1-4-27-33-28-18(2)15-19(3)32-30(28)38(27)17-20-9-11-21(12-10-20)25-16-22(23-7-5-6-8-26(23)31)13-14-24(25)29-34-36-37-35-29/h5-16H,4,17H2,1-3H3,(H,34,35,36,37). The van der Waals surface area contributed by atoms with Crippen LogP contribution in [0.25, 0.3) is 44.8 Å². The molecular weight excluding hydrogens is 477 g/mol. The third-order valence-corrected chi connectivity index (χ3v) is 6.81. The van der Waals surface area contributed by atoms with E-state index in [1.165, 1.54) is 6.07 Å². The molecule has 0 saturated carbocycles. The number of fused-ring (bicyclic) bond motifs is 1. The van der Waals surface area contributed by atoms with Crippen molar-refractivity contribution in [2.75, 3.05) is 0 Å². The third-order valence-electron chi connectivity index (χ3n) is 6.81. The predicted molar refractivity (Wildman–Crippen MR) is 146 cm³/mol. The Morgan fingerprint density at radius 3 is 2.37 bits per heavy atom. The van der Waals surface area contributed by atoms with Gasteiger partial charge in [0, 0.05) is 23.2 Å². The molecule has 8 heteroatoms. The maximum absolute atomic E-state index is 14.6. The lowest BCUT2D eigenvalue weighted by molar-refractivity contribution is 0.631. The molecule has 0 atom stereocenters. The summed E-state index contributed by atoms with van der Waals surface area (Å²) in [5.41, 5.74) is 9.14. The van der Waals surface area contributed by atoms with Gasteiger partial charge in [0.1, 0.15) is 17.2 Å². The van der Waals surface area contributed by atoms with Crippen LogP contribution in [-0.4, -0.2) is 35.2 Å². The number of nitrogens with one attached hydrogen (secondary N) is 1. The fourth-order valence-corrected chi connectivity index (χ4v) is 4.97. The summed E-state index contributed by atoms with van der Waals surface area (Å²) in [5, 5.41) is 14.6. The first-order valence-corrected chi connectivity index (χ1v) is 12.6. The average molecular weight is 504 g/mol. The minimum absolute atomic E-state index is 0.264. The SMILES string of the molecule is CCc1nc2c(C)cc(C)nc2n1Cc1ccc(-c2cc(-c3ccccc3F)ccc2-c2nn[nH]n2)cc1. The normalized spacial score (nSPS) is 11.4. The molecule has 0 aliphatic rings. The predicted octanol–water partition coefficient (Wildman–Crippen LogP) is 6.31. The first-order chi connectivity index (χ1) is 18.5. The van der Waals surface area contributed by atoms with Crippen LogP contribution in [0.4, 0.5) is 4.39 Å². The van der Waals surface area contributed by atoms with Gasteiger partial charge >= 0.3 is 0 Å². The zero-order chi connectivity index (χ0) is 26.2. The van der Waals surface area contributed by atoms with Gasteiger partial charge < -0.3 is 4.57 Å². The number of hydrogen-bond donors (Lipinski definition) is 1. The maximum atomic E-state index is 14.6. The number of H-pyrrole nitrogens is 1. The molecule has 0 amide bonds. The second kappa shape index (κ2) is 9.63. The Balaban J connectivity index is 1.40. The summed E-state index contributed by atoms with van der Waals surface area (Å²) in [6.07, 6.45) is 0.823. The molecule has 1 N–H and O–H groups in total. The van der Waals surface area contributed by atoms with E-state index in [9.17, 15) is 4.39 Å². The fraction of sp³-hybridized carbons (Fsp3) is 0.167. The highest BCUT2D eigenvalue weighted by atomic mass is 19.1. The van der Waals surface area contributed by atoms with Gasteiger partial charge in [0.15, 0.2) is 5.65 Å². The van der Waals surface area contributed by atoms with Crippen molar-refractivity contribution in [2.24, 2.45) is 0 Å². The number of hydrogen-bond acceptors (Lipinski definition) is 5. The molecule has 0 unspecified atom stereocenters. The summed E-state index contributed by atoms with van der Waals surface area (Å²) in [6.45, 7) is 6.88. The van der Waals surface area contributed by atoms with Crippen molar-refractivity contribution in [1.29, 1.82) is 0 Å². The summed E-state index contributed by atoms with van der Waals surface area (Å²) in [4.78, 5) is 9.66. The number of aromatic nitrogens is 7. The minimum atomic E-state index is -0.264. The van der Waals surface area contributed by atoms with Crippen molar-refractivity contribution in [2.45, 2.75) is 33.7 Å². The van der Waals surface area contributed by atoms with Gasteiger partial charge in [-0.1, -0.05) is 55.5 Å². The van der Waals surface area contributed by atoms with Crippen molar-refractivity contribution in [3.05, 3.63) is 101 Å². The highest BCUT2D eigenvalue weighted by Gasteiger charge is 2.16. The van der Waals surface area contributed by atoms with Gasteiger partial charge in [-0.05, 0) is 71.1 Å². The van der Waals surface area contributed by atoms with Gasteiger partial charge in [0.25, 0.3) is 0 Å². The van der Waals surface area contributed by atoms with Gasteiger partial charge in [-0.15, -0.1) is 10.2 Å². The van der Waals surface area contributed by atoms with Gasteiger partial charge in [0.05, 0.1) is 6.54 Å². The van der Waals surface area contributed by atoms with E-state index in [1.54, 1.807) is 12.1 Å². The molecule has 0 aliphatic heterocycles. The zero-order valence-electron chi connectivity index (χ0n) is 21.4. The topological polar surface area (TPSA) is 85.2 Å². The van der Waals surface area contributed by atoms with Crippen LogP contribution < -0.4 is 0 Å². The quantitative estimate of drug-likeness (QED) is 0.288. The van der Waals surface area contributed by atoms with Crippen LogP contribution in [0.2, 0.25) is 0 Å². The van der Waals surface area contributed by atoms with Gasteiger partial charge in [0.2, 0.25) is 5.82 Å². The van der Waals surface area contributed by atoms with E-state index in [1.807, 2.05) is 31.2 Å². The number of halogens is 1.